The Labute approximate surface area is 131 Å². The first-order valence-electron chi connectivity index (χ1n) is 8.08. The van der Waals surface area contributed by atoms with Gasteiger partial charge in [-0.3, -0.25) is 4.79 Å². The molecule has 3 heterocycles. The van der Waals surface area contributed by atoms with Crippen molar-refractivity contribution in [2.24, 2.45) is 0 Å². The highest BCUT2D eigenvalue weighted by Gasteiger charge is 2.23. The zero-order valence-electron chi connectivity index (χ0n) is 12.8. The quantitative estimate of drug-likeness (QED) is 0.850. The average Bonchev–Trinajstić information content (AvgIpc) is 2.57. The van der Waals surface area contributed by atoms with Gasteiger partial charge < -0.3 is 20.3 Å². The summed E-state index contributed by atoms with van der Waals surface area (Å²) < 4.78 is 5.38. The summed E-state index contributed by atoms with van der Waals surface area (Å²) in [6, 6.07) is 6.40. The minimum Gasteiger partial charge on any atom is -0.378 e. The molecule has 120 valence electrons. The van der Waals surface area contributed by atoms with Gasteiger partial charge in [0.25, 0.3) is 0 Å². The van der Waals surface area contributed by atoms with E-state index in [1.165, 1.54) is 0 Å². The molecule has 0 radical (unpaired) electrons. The van der Waals surface area contributed by atoms with Gasteiger partial charge in [-0.25, -0.2) is 4.98 Å². The summed E-state index contributed by atoms with van der Waals surface area (Å²) in [5.74, 6) is 1.15. The van der Waals surface area contributed by atoms with Gasteiger partial charge in [-0.2, -0.15) is 0 Å². The third-order valence-corrected chi connectivity index (χ3v) is 4.26. The molecule has 1 atom stereocenters. The number of hydrogen-bond donors (Lipinski definition) is 2. The van der Waals surface area contributed by atoms with Crippen LogP contribution in [0.3, 0.4) is 0 Å². The van der Waals surface area contributed by atoms with Crippen LogP contribution in [0.25, 0.3) is 0 Å². The number of carbonyl (C=O) groups excluding carboxylic acids is 1. The Bertz CT molecular complexity index is 468. The number of anilines is 1. The number of morpholine rings is 1. The average molecular weight is 304 g/mol. The van der Waals surface area contributed by atoms with E-state index in [-0.39, 0.29) is 18.0 Å². The van der Waals surface area contributed by atoms with E-state index < -0.39 is 0 Å². The second-order valence-corrected chi connectivity index (χ2v) is 5.95. The number of pyridine rings is 1. The number of hydrogen-bond acceptors (Lipinski definition) is 5. The lowest BCUT2D eigenvalue weighted by atomic mass is 10.0. The van der Waals surface area contributed by atoms with E-state index in [1.807, 2.05) is 24.4 Å². The van der Waals surface area contributed by atoms with Crippen LogP contribution in [0.5, 0.6) is 0 Å². The summed E-state index contributed by atoms with van der Waals surface area (Å²) in [4.78, 5) is 18.8. The van der Waals surface area contributed by atoms with Crippen molar-refractivity contribution in [3.05, 3.63) is 24.4 Å². The maximum absolute atomic E-state index is 12.1. The standard InChI is InChI=1S/C16H24N4O2/c21-16(11-14-12-22-10-7-17-14)19-13-4-8-20(9-5-13)15-3-1-2-6-18-15/h1-3,6,13-14,17H,4-5,7-12H2,(H,19,21). The Hall–Kier alpha value is -1.66. The number of amides is 1. The molecule has 1 aromatic rings. The van der Waals surface area contributed by atoms with Crippen LogP contribution in [-0.4, -0.2) is 55.8 Å². The maximum atomic E-state index is 12.1. The first kappa shape index (κ1) is 15.2. The predicted octanol–water partition coefficient (Wildman–Crippen LogP) is 0.545. The summed E-state index contributed by atoms with van der Waals surface area (Å²) in [7, 11) is 0. The summed E-state index contributed by atoms with van der Waals surface area (Å²) in [6.45, 7) is 4.08. The van der Waals surface area contributed by atoms with Gasteiger partial charge in [0.05, 0.1) is 13.2 Å². The van der Waals surface area contributed by atoms with Crippen molar-refractivity contribution in [3.63, 3.8) is 0 Å². The fraction of sp³-hybridized carbons (Fsp3) is 0.625. The van der Waals surface area contributed by atoms with Crippen molar-refractivity contribution in [2.45, 2.75) is 31.3 Å². The van der Waals surface area contributed by atoms with Gasteiger partial charge in [-0.15, -0.1) is 0 Å². The van der Waals surface area contributed by atoms with Crippen molar-refractivity contribution in [2.75, 3.05) is 37.7 Å². The molecule has 6 heteroatoms. The van der Waals surface area contributed by atoms with E-state index in [2.05, 4.69) is 20.5 Å². The number of nitrogens with one attached hydrogen (secondary N) is 2. The number of nitrogens with zero attached hydrogens (tertiary/aromatic N) is 2. The number of piperidine rings is 1. The largest absolute Gasteiger partial charge is 0.378 e. The lowest BCUT2D eigenvalue weighted by Gasteiger charge is -2.33. The van der Waals surface area contributed by atoms with Gasteiger partial charge in [0.2, 0.25) is 5.91 Å². The Balaban J connectivity index is 1.41. The van der Waals surface area contributed by atoms with E-state index in [4.69, 9.17) is 4.74 Å². The smallest absolute Gasteiger partial charge is 0.221 e. The number of carbonyl (C=O) groups is 1. The normalized spacial score (nSPS) is 23.3. The number of ether oxygens (including phenoxy) is 1. The fourth-order valence-electron chi connectivity index (χ4n) is 3.05. The highest BCUT2D eigenvalue weighted by molar-refractivity contribution is 5.77. The van der Waals surface area contributed by atoms with Crippen LogP contribution in [0.4, 0.5) is 5.82 Å². The molecule has 0 spiro atoms. The van der Waals surface area contributed by atoms with E-state index in [1.54, 1.807) is 0 Å². The molecule has 2 aliphatic heterocycles. The second-order valence-electron chi connectivity index (χ2n) is 5.95. The van der Waals surface area contributed by atoms with Crippen molar-refractivity contribution in [1.82, 2.24) is 15.6 Å². The van der Waals surface area contributed by atoms with Gasteiger partial charge in [-0.05, 0) is 25.0 Å². The minimum atomic E-state index is 0.124. The molecule has 0 bridgehead atoms. The molecule has 2 saturated heterocycles. The molecule has 3 rings (SSSR count). The van der Waals surface area contributed by atoms with Crippen molar-refractivity contribution >= 4 is 11.7 Å². The van der Waals surface area contributed by atoms with Gasteiger partial charge in [0.15, 0.2) is 0 Å². The van der Waals surface area contributed by atoms with Crippen LogP contribution in [0.1, 0.15) is 19.3 Å². The molecule has 1 amide bonds. The molecule has 1 aromatic heterocycles. The Kier molecular flexibility index (Phi) is 5.24. The van der Waals surface area contributed by atoms with E-state index >= 15 is 0 Å². The molecule has 2 aliphatic rings. The van der Waals surface area contributed by atoms with Crippen molar-refractivity contribution in [1.29, 1.82) is 0 Å². The first-order valence-corrected chi connectivity index (χ1v) is 8.08. The Morgan fingerprint density at radius 2 is 2.27 bits per heavy atom. The van der Waals surface area contributed by atoms with Crippen LogP contribution in [-0.2, 0) is 9.53 Å². The SMILES string of the molecule is O=C(CC1COCCN1)NC1CCN(c2ccccn2)CC1. The Morgan fingerprint density at radius 3 is 2.95 bits per heavy atom. The maximum Gasteiger partial charge on any atom is 0.221 e. The van der Waals surface area contributed by atoms with E-state index in [0.29, 0.717) is 13.0 Å². The lowest BCUT2D eigenvalue weighted by molar-refractivity contribution is -0.123. The van der Waals surface area contributed by atoms with Crippen LogP contribution < -0.4 is 15.5 Å². The molecule has 6 nitrogen and oxygen atoms in total. The fourth-order valence-corrected chi connectivity index (χ4v) is 3.05. The van der Waals surface area contributed by atoms with Crippen LogP contribution in [0, 0.1) is 0 Å². The third kappa shape index (κ3) is 4.18. The molecule has 0 aromatic carbocycles. The molecule has 22 heavy (non-hydrogen) atoms. The molecular formula is C16H24N4O2. The Morgan fingerprint density at radius 1 is 1.41 bits per heavy atom. The van der Waals surface area contributed by atoms with E-state index in [0.717, 1.165) is 44.9 Å². The number of aromatic nitrogens is 1. The molecule has 1 unspecified atom stereocenters. The van der Waals surface area contributed by atoms with Gasteiger partial charge in [0.1, 0.15) is 5.82 Å². The molecule has 0 aliphatic carbocycles. The van der Waals surface area contributed by atoms with Gasteiger partial charge >= 0.3 is 0 Å². The topological polar surface area (TPSA) is 66.5 Å². The van der Waals surface area contributed by atoms with Crippen molar-refractivity contribution < 1.29 is 9.53 Å². The molecule has 0 saturated carbocycles. The van der Waals surface area contributed by atoms with Crippen LogP contribution in [0.2, 0.25) is 0 Å². The van der Waals surface area contributed by atoms with Crippen molar-refractivity contribution in [3.8, 4) is 0 Å². The molecular weight excluding hydrogens is 280 g/mol. The summed E-state index contributed by atoms with van der Waals surface area (Å²) in [6.07, 6.45) is 4.26. The third-order valence-electron chi connectivity index (χ3n) is 4.26. The molecule has 2 fully saturated rings. The first-order chi connectivity index (χ1) is 10.8. The van der Waals surface area contributed by atoms with Crippen LogP contribution in [0.15, 0.2) is 24.4 Å². The van der Waals surface area contributed by atoms with Gasteiger partial charge in [-0.1, -0.05) is 6.07 Å². The summed E-state index contributed by atoms with van der Waals surface area (Å²) >= 11 is 0. The van der Waals surface area contributed by atoms with E-state index in [9.17, 15) is 4.79 Å². The highest BCUT2D eigenvalue weighted by Crippen LogP contribution is 2.17. The van der Waals surface area contributed by atoms with Gasteiger partial charge in [0, 0.05) is 44.3 Å². The number of rotatable bonds is 4. The highest BCUT2D eigenvalue weighted by atomic mass is 16.5. The predicted molar refractivity (Wildman–Crippen MR) is 84.8 cm³/mol. The van der Waals surface area contributed by atoms with Crippen LogP contribution >= 0.6 is 0 Å². The summed E-state index contributed by atoms with van der Waals surface area (Å²) in [5, 5.41) is 6.47. The monoisotopic (exact) mass is 304 g/mol. The summed E-state index contributed by atoms with van der Waals surface area (Å²) in [5.41, 5.74) is 0. The lowest BCUT2D eigenvalue weighted by Crippen LogP contribution is -2.48. The minimum absolute atomic E-state index is 0.124. The second kappa shape index (κ2) is 7.56. The zero-order valence-corrected chi connectivity index (χ0v) is 12.8. The molecule has 2 N–H and O–H groups in total. The zero-order chi connectivity index (χ0) is 15.2.